The lowest BCUT2D eigenvalue weighted by molar-refractivity contribution is 0.0240. The van der Waals surface area contributed by atoms with Crippen LogP contribution < -0.4 is 10.2 Å². The average molecular weight is 622 g/mol. The first-order valence-corrected chi connectivity index (χ1v) is 14.6. The summed E-state index contributed by atoms with van der Waals surface area (Å²) in [6, 6.07) is 9.45. The Morgan fingerprint density at radius 2 is 1.51 bits per heavy atom. The first kappa shape index (κ1) is 31.6. The minimum absolute atomic E-state index is 0.153. The molecule has 0 radical (unpaired) electrons. The number of hydrogen-bond donors (Lipinski definition) is 1. The fraction of sp³-hybridized carbons (Fsp3) is 0.406. The summed E-state index contributed by atoms with van der Waals surface area (Å²) in [4.78, 5) is 41.3. The van der Waals surface area contributed by atoms with Gasteiger partial charge < -0.3 is 19.3 Å². The molecule has 238 valence electrons. The summed E-state index contributed by atoms with van der Waals surface area (Å²) < 4.78 is 43.5. The zero-order valence-corrected chi connectivity index (χ0v) is 26.4. The largest absolute Gasteiger partial charge is 0.444 e. The van der Waals surface area contributed by atoms with Gasteiger partial charge in [-0.25, -0.2) is 33.3 Å². The van der Waals surface area contributed by atoms with Crippen molar-refractivity contribution >= 4 is 34.9 Å². The maximum Gasteiger partial charge on any atom is 0.413 e. The molecule has 1 saturated heterocycles. The topological polar surface area (TPSA) is 115 Å². The molecule has 1 N–H and O–H groups in total. The number of halogens is 2. The second-order valence-electron chi connectivity index (χ2n) is 12.8. The smallest absolute Gasteiger partial charge is 0.413 e. The Bertz CT molecular complexity index is 1730. The second kappa shape index (κ2) is 11.9. The molecule has 1 aliphatic heterocycles. The number of imidazole rings is 1. The molecular weight excluding hydrogens is 584 g/mol. The number of hydrogen-bond acceptors (Lipinski definition) is 8. The third-order valence-corrected chi connectivity index (χ3v) is 6.86. The normalized spacial score (nSPS) is 14.1. The van der Waals surface area contributed by atoms with Gasteiger partial charge in [-0.05, 0) is 72.7 Å². The summed E-state index contributed by atoms with van der Waals surface area (Å²) in [7, 11) is 0. The van der Waals surface area contributed by atoms with E-state index in [0.717, 1.165) is 0 Å². The van der Waals surface area contributed by atoms with Crippen LogP contribution in [0.5, 0.6) is 0 Å². The molecule has 0 unspecified atom stereocenters. The lowest BCUT2D eigenvalue weighted by atomic mass is 10.1. The molecule has 0 atom stereocenters. The first-order valence-electron chi connectivity index (χ1n) is 14.6. The number of aromatic nitrogens is 4. The average Bonchev–Trinajstić information content (AvgIpc) is 3.26. The molecule has 0 saturated carbocycles. The molecule has 4 heterocycles. The number of aryl methyl sites for hydroxylation is 1. The van der Waals surface area contributed by atoms with Crippen LogP contribution in [0, 0.1) is 18.6 Å². The maximum absolute atomic E-state index is 15.6. The number of fused-ring (bicyclic) bond motifs is 1. The van der Waals surface area contributed by atoms with Crippen molar-refractivity contribution in [2.24, 2.45) is 0 Å². The number of piperazine rings is 1. The molecule has 4 aromatic rings. The number of carbonyl (C=O) groups excluding carboxylic acids is 2. The number of pyridine rings is 2. The van der Waals surface area contributed by atoms with Crippen molar-refractivity contribution in [3.63, 3.8) is 0 Å². The third-order valence-electron chi connectivity index (χ3n) is 6.86. The molecular formula is C32H37F2N7O4. The number of benzene rings is 1. The fourth-order valence-corrected chi connectivity index (χ4v) is 5.03. The maximum atomic E-state index is 15.6. The van der Waals surface area contributed by atoms with Crippen LogP contribution in [-0.4, -0.2) is 74.0 Å². The van der Waals surface area contributed by atoms with Crippen LogP contribution >= 0.6 is 0 Å². The highest BCUT2D eigenvalue weighted by atomic mass is 19.1. The summed E-state index contributed by atoms with van der Waals surface area (Å²) in [6.45, 7) is 13.4. The monoisotopic (exact) mass is 621 g/mol. The second-order valence-corrected chi connectivity index (χ2v) is 12.8. The molecule has 0 bridgehead atoms. The van der Waals surface area contributed by atoms with E-state index in [-0.39, 0.29) is 43.4 Å². The van der Waals surface area contributed by atoms with Crippen molar-refractivity contribution < 1.29 is 27.8 Å². The number of rotatable bonds is 4. The Hall–Kier alpha value is -4.81. The highest BCUT2D eigenvalue weighted by molar-refractivity contribution is 5.85. The highest BCUT2D eigenvalue weighted by Gasteiger charge is 2.29. The Kier molecular flexibility index (Phi) is 8.39. The molecule has 0 spiro atoms. The number of amides is 2. The van der Waals surface area contributed by atoms with E-state index in [1.807, 2.05) is 0 Å². The number of nitrogens with zero attached hydrogens (tertiary/aromatic N) is 6. The van der Waals surface area contributed by atoms with Gasteiger partial charge in [0.25, 0.3) is 0 Å². The Morgan fingerprint density at radius 3 is 2.13 bits per heavy atom. The Labute approximate surface area is 260 Å². The van der Waals surface area contributed by atoms with Crippen molar-refractivity contribution in [1.82, 2.24) is 24.4 Å². The molecule has 1 fully saturated rings. The number of anilines is 2. The van der Waals surface area contributed by atoms with Gasteiger partial charge in [0, 0.05) is 50.1 Å². The molecule has 11 nitrogen and oxygen atoms in total. The molecule has 45 heavy (non-hydrogen) atoms. The summed E-state index contributed by atoms with van der Waals surface area (Å²) in [6.07, 6.45) is 0.449. The number of carbonyl (C=O) groups is 2. The summed E-state index contributed by atoms with van der Waals surface area (Å²) in [5.41, 5.74) is 0.918. The van der Waals surface area contributed by atoms with Gasteiger partial charge in [0.05, 0.1) is 11.4 Å². The van der Waals surface area contributed by atoms with E-state index in [0.29, 0.717) is 28.2 Å². The van der Waals surface area contributed by atoms with Gasteiger partial charge in [0.1, 0.15) is 34.0 Å². The predicted octanol–water partition coefficient (Wildman–Crippen LogP) is 6.47. The summed E-state index contributed by atoms with van der Waals surface area (Å²) >= 11 is 0. The Balaban J connectivity index is 1.40. The van der Waals surface area contributed by atoms with Gasteiger partial charge >= 0.3 is 12.2 Å². The molecule has 0 aliphatic carbocycles. The van der Waals surface area contributed by atoms with Gasteiger partial charge in [-0.1, -0.05) is 0 Å². The summed E-state index contributed by atoms with van der Waals surface area (Å²) in [5.74, 6) is -0.700. The fourth-order valence-electron chi connectivity index (χ4n) is 5.03. The van der Waals surface area contributed by atoms with E-state index in [4.69, 9.17) is 14.5 Å². The highest BCUT2D eigenvalue weighted by Crippen LogP contribution is 2.31. The predicted molar refractivity (Wildman–Crippen MR) is 167 cm³/mol. The third kappa shape index (κ3) is 7.30. The van der Waals surface area contributed by atoms with E-state index in [1.54, 1.807) is 82.2 Å². The van der Waals surface area contributed by atoms with Crippen LogP contribution in [0.25, 0.3) is 28.1 Å². The van der Waals surface area contributed by atoms with E-state index in [1.165, 1.54) is 23.2 Å². The van der Waals surface area contributed by atoms with Crippen molar-refractivity contribution in [1.29, 1.82) is 0 Å². The zero-order valence-electron chi connectivity index (χ0n) is 26.4. The van der Waals surface area contributed by atoms with Gasteiger partial charge in [-0.15, -0.1) is 0 Å². The quantitative estimate of drug-likeness (QED) is 0.276. The lowest BCUT2D eigenvalue weighted by Gasteiger charge is -2.37. The Morgan fingerprint density at radius 1 is 0.867 bits per heavy atom. The van der Waals surface area contributed by atoms with Crippen LogP contribution in [0.4, 0.5) is 29.9 Å². The zero-order chi connectivity index (χ0) is 32.7. The van der Waals surface area contributed by atoms with Crippen molar-refractivity contribution in [3.8, 4) is 16.9 Å². The van der Waals surface area contributed by atoms with Gasteiger partial charge in [-0.2, -0.15) is 0 Å². The number of nitrogens with one attached hydrogen (secondary N) is 1. The van der Waals surface area contributed by atoms with E-state index < -0.39 is 35.0 Å². The van der Waals surface area contributed by atoms with Gasteiger partial charge in [0.15, 0.2) is 17.3 Å². The van der Waals surface area contributed by atoms with Crippen LogP contribution in [0.1, 0.15) is 47.4 Å². The molecule has 3 aromatic heterocycles. The minimum atomic E-state index is -0.736. The van der Waals surface area contributed by atoms with Gasteiger partial charge in [0.2, 0.25) is 0 Å². The molecule has 5 rings (SSSR count). The SMILES string of the molecule is Cc1nc2ccc(-c3ccnc(NC(=O)OC(C)(C)C)c3)nc2n1-c1cc(F)c(N2CCN(C(=O)OC(C)(C)C)CC2)c(F)c1. The lowest BCUT2D eigenvalue weighted by Crippen LogP contribution is -2.50. The van der Waals surface area contributed by atoms with Crippen molar-refractivity contribution in [3.05, 3.63) is 60.1 Å². The van der Waals surface area contributed by atoms with Crippen molar-refractivity contribution in [2.45, 2.75) is 59.7 Å². The van der Waals surface area contributed by atoms with E-state index in [2.05, 4.69) is 15.3 Å². The van der Waals surface area contributed by atoms with Crippen LogP contribution in [0.3, 0.4) is 0 Å². The molecule has 2 amide bonds. The van der Waals surface area contributed by atoms with Gasteiger partial charge in [-0.3, -0.25) is 9.88 Å². The number of ether oxygens (including phenoxy) is 2. The van der Waals surface area contributed by atoms with E-state index in [9.17, 15) is 9.59 Å². The van der Waals surface area contributed by atoms with Crippen LogP contribution in [0.15, 0.2) is 42.6 Å². The molecule has 1 aromatic carbocycles. The summed E-state index contributed by atoms with van der Waals surface area (Å²) in [5, 5.41) is 2.62. The van der Waals surface area contributed by atoms with Crippen molar-refractivity contribution in [2.75, 3.05) is 36.4 Å². The van der Waals surface area contributed by atoms with Crippen LogP contribution in [-0.2, 0) is 9.47 Å². The van der Waals surface area contributed by atoms with E-state index >= 15 is 8.78 Å². The molecule has 13 heteroatoms. The minimum Gasteiger partial charge on any atom is -0.444 e. The standard InChI is InChI=1S/C32H37F2N7O4/c1-19-36-25-9-8-24(20-10-11-35-26(16-20)38-29(42)44-31(2,3)4)37-28(25)41(19)21-17-22(33)27(23(34)18-21)39-12-14-40(15-13-39)30(43)45-32(5,6)7/h8-11,16-18H,12-15H2,1-7H3,(H,35,38,42). The first-order chi connectivity index (χ1) is 21.1. The molecule has 1 aliphatic rings. The van der Waals surface area contributed by atoms with Crippen LogP contribution in [0.2, 0.25) is 0 Å².